The number of hydrogen-bond donors (Lipinski definition) is 0. The minimum absolute atomic E-state index is 0.0238. The number of benzene rings is 2. The molecule has 0 bridgehead atoms. The van der Waals surface area contributed by atoms with Crippen molar-refractivity contribution >= 4 is 17.4 Å². The molecule has 0 spiro atoms. The lowest BCUT2D eigenvalue weighted by molar-refractivity contribution is 0.0968. The van der Waals surface area contributed by atoms with E-state index in [9.17, 15) is 24.1 Å². The van der Waals surface area contributed by atoms with Crippen molar-refractivity contribution in [1.29, 1.82) is 10.5 Å². The van der Waals surface area contributed by atoms with E-state index < -0.39 is 17.6 Å². The summed E-state index contributed by atoms with van der Waals surface area (Å²) in [5, 5.41) is 18.4. The SMILES string of the molecule is Cc1c([C@H]2CCC(=O)c3cc(F)cc(C#N)c32)cc(F)c(Cl)c1C#N. The maximum absolute atomic E-state index is 14.2. The molecule has 6 heteroatoms. The molecule has 0 aliphatic heterocycles. The molecular formula is C19H11ClF2N2O. The quantitative estimate of drug-likeness (QED) is 0.738. The zero-order chi connectivity index (χ0) is 18.3. The van der Waals surface area contributed by atoms with E-state index in [1.807, 2.05) is 12.1 Å². The molecule has 25 heavy (non-hydrogen) atoms. The van der Waals surface area contributed by atoms with Gasteiger partial charge < -0.3 is 0 Å². The molecule has 0 aromatic heterocycles. The Kier molecular flexibility index (Phi) is 4.29. The Morgan fingerprint density at radius 3 is 2.56 bits per heavy atom. The Bertz CT molecular complexity index is 1000. The van der Waals surface area contributed by atoms with Crippen LogP contribution in [0.5, 0.6) is 0 Å². The van der Waals surface area contributed by atoms with Gasteiger partial charge in [0, 0.05) is 17.9 Å². The molecule has 0 amide bonds. The fourth-order valence-electron chi connectivity index (χ4n) is 3.41. The van der Waals surface area contributed by atoms with Crippen LogP contribution in [-0.4, -0.2) is 5.78 Å². The van der Waals surface area contributed by atoms with Crippen LogP contribution in [-0.2, 0) is 0 Å². The average molecular weight is 357 g/mol. The summed E-state index contributed by atoms with van der Waals surface area (Å²) in [5.41, 5.74) is 1.56. The van der Waals surface area contributed by atoms with Crippen LogP contribution in [0.15, 0.2) is 18.2 Å². The first-order valence-corrected chi connectivity index (χ1v) is 7.92. The van der Waals surface area contributed by atoms with Gasteiger partial charge in [0.25, 0.3) is 0 Å². The highest BCUT2D eigenvalue weighted by Crippen LogP contribution is 2.42. The smallest absolute Gasteiger partial charge is 0.163 e. The summed E-state index contributed by atoms with van der Waals surface area (Å²) in [6.45, 7) is 1.64. The van der Waals surface area contributed by atoms with Gasteiger partial charge in [0.05, 0.1) is 22.2 Å². The van der Waals surface area contributed by atoms with E-state index in [1.54, 1.807) is 6.92 Å². The topological polar surface area (TPSA) is 64.7 Å². The Morgan fingerprint density at radius 1 is 1.20 bits per heavy atom. The van der Waals surface area contributed by atoms with E-state index in [1.165, 1.54) is 6.07 Å². The maximum Gasteiger partial charge on any atom is 0.163 e. The fraction of sp³-hybridized carbons (Fsp3) is 0.211. The summed E-state index contributed by atoms with van der Waals surface area (Å²) in [5.74, 6) is -2.14. The van der Waals surface area contributed by atoms with Crippen LogP contribution in [0.25, 0.3) is 0 Å². The van der Waals surface area contributed by atoms with Gasteiger partial charge in [0.15, 0.2) is 5.78 Å². The number of fused-ring (bicyclic) bond motifs is 1. The summed E-state index contributed by atoms with van der Waals surface area (Å²) in [4.78, 5) is 12.2. The van der Waals surface area contributed by atoms with Crippen LogP contribution < -0.4 is 0 Å². The Balaban J connectivity index is 2.32. The fourth-order valence-corrected chi connectivity index (χ4v) is 3.65. The van der Waals surface area contributed by atoms with Crippen molar-refractivity contribution in [3.05, 3.63) is 68.2 Å². The van der Waals surface area contributed by atoms with Crippen molar-refractivity contribution < 1.29 is 13.6 Å². The minimum atomic E-state index is -0.738. The van der Waals surface area contributed by atoms with Gasteiger partial charge in [0.1, 0.15) is 17.7 Å². The molecule has 0 heterocycles. The van der Waals surface area contributed by atoms with E-state index >= 15 is 0 Å². The predicted octanol–water partition coefficient (Wildman–Crippen LogP) is 4.78. The van der Waals surface area contributed by atoms with Gasteiger partial charge in [-0.2, -0.15) is 10.5 Å². The number of carbonyl (C=O) groups excluding carboxylic acids is 1. The van der Waals surface area contributed by atoms with Gasteiger partial charge in [-0.1, -0.05) is 11.6 Å². The van der Waals surface area contributed by atoms with Crippen LogP contribution in [0.2, 0.25) is 5.02 Å². The predicted molar refractivity (Wildman–Crippen MR) is 87.4 cm³/mol. The molecule has 124 valence electrons. The minimum Gasteiger partial charge on any atom is -0.294 e. The van der Waals surface area contributed by atoms with Crippen molar-refractivity contribution in [2.45, 2.75) is 25.7 Å². The van der Waals surface area contributed by atoms with Gasteiger partial charge in [-0.15, -0.1) is 0 Å². The average Bonchev–Trinajstić information content (AvgIpc) is 2.59. The van der Waals surface area contributed by atoms with Gasteiger partial charge >= 0.3 is 0 Å². The van der Waals surface area contributed by atoms with Gasteiger partial charge in [-0.25, -0.2) is 8.78 Å². The Labute approximate surface area is 148 Å². The van der Waals surface area contributed by atoms with E-state index in [0.717, 1.165) is 12.1 Å². The second-order valence-corrected chi connectivity index (χ2v) is 6.29. The molecule has 2 aromatic carbocycles. The Hall–Kier alpha value is -2.76. The van der Waals surface area contributed by atoms with Crippen molar-refractivity contribution in [3.8, 4) is 12.1 Å². The number of Topliss-reactive ketones (excluding diaryl/α,β-unsaturated/α-hetero) is 1. The first-order valence-electron chi connectivity index (χ1n) is 7.54. The highest BCUT2D eigenvalue weighted by Gasteiger charge is 2.32. The number of ketones is 1. The summed E-state index contributed by atoms with van der Waals surface area (Å²) in [6, 6.07) is 7.21. The third-order valence-electron chi connectivity index (χ3n) is 4.58. The third kappa shape index (κ3) is 2.67. The largest absolute Gasteiger partial charge is 0.294 e. The second-order valence-electron chi connectivity index (χ2n) is 5.91. The van der Waals surface area contributed by atoms with Crippen molar-refractivity contribution in [2.24, 2.45) is 0 Å². The van der Waals surface area contributed by atoms with Gasteiger partial charge in [0.2, 0.25) is 0 Å². The van der Waals surface area contributed by atoms with Crippen molar-refractivity contribution in [2.75, 3.05) is 0 Å². The molecule has 0 N–H and O–H groups in total. The summed E-state index contributed by atoms with van der Waals surface area (Å²) in [7, 11) is 0. The number of nitrogens with zero attached hydrogens (tertiary/aromatic N) is 2. The number of carbonyl (C=O) groups is 1. The van der Waals surface area contributed by atoms with E-state index in [0.29, 0.717) is 23.1 Å². The van der Waals surface area contributed by atoms with Crippen LogP contribution in [0.3, 0.4) is 0 Å². The molecule has 0 saturated carbocycles. The molecule has 2 aromatic rings. The molecule has 1 aliphatic carbocycles. The van der Waals surface area contributed by atoms with E-state index in [2.05, 4.69) is 0 Å². The lowest BCUT2D eigenvalue weighted by Crippen LogP contribution is -2.20. The molecule has 0 saturated heterocycles. The monoisotopic (exact) mass is 356 g/mol. The molecule has 0 radical (unpaired) electrons. The molecule has 1 aliphatic rings. The zero-order valence-corrected chi connectivity index (χ0v) is 13.9. The van der Waals surface area contributed by atoms with Crippen molar-refractivity contribution in [3.63, 3.8) is 0 Å². The lowest BCUT2D eigenvalue weighted by Gasteiger charge is -2.28. The molecular weight excluding hydrogens is 346 g/mol. The van der Waals surface area contributed by atoms with Crippen LogP contribution in [0.4, 0.5) is 8.78 Å². The normalized spacial score (nSPS) is 16.1. The molecule has 0 fully saturated rings. The number of nitriles is 2. The van der Waals surface area contributed by atoms with Gasteiger partial charge in [-0.3, -0.25) is 4.79 Å². The Morgan fingerprint density at radius 2 is 1.92 bits per heavy atom. The zero-order valence-electron chi connectivity index (χ0n) is 13.2. The van der Waals surface area contributed by atoms with Crippen LogP contribution >= 0.6 is 11.6 Å². The van der Waals surface area contributed by atoms with E-state index in [4.69, 9.17) is 11.6 Å². The number of rotatable bonds is 1. The lowest BCUT2D eigenvalue weighted by atomic mass is 9.74. The molecule has 0 unspecified atom stereocenters. The molecule has 3 rings (SSSR count). The highest BCUT2D eigenvalue weighted by molar-refractivity contribution is 6.32. The first kappa shape index (κ1) is 17.1. The number of hydrogen-bond acceptors (Lipinski definition) is 3. The van der Waals surface area contributed by atoms with Crippen molar-refractivity contribution in [1.82, 2.24) is 0 Å². The third-order valence-corrected chi connectivity index (χ3v) is 4.95. The molecule has 1 atom stereocenters. The summed E-state index contributed by atoms with van der Waals surface area (Å²) < 4.78 is 27.9. The summed E-state index contributed by atoms with van der Waals surface area (Å²) >= 11 is 5.86. The highest BCUT2D eigenvalue weighted by atomic mass is 35.5. The first-order chi connectivity index (χ1) is 11.9. The molecule has 3 nitrogen and oxygen atoms in total. The summed E-state index contributed by atoms with van der Waals surface area (Å²) in [6.07, 6.45) is 0.497. The van der Waals surface area contributed by atoms with Crippen LogP contribution in [0.1, 0.15) is 56.9 Å². The number of halogens is 3. The van der Waals surface area contributed by atoms with Gasteiger partial charge in [-0.05, 0) is 48.2 Å². The maximum atomic E-state index is 14.2. The van der Waals surface area contributed by atoms with E-state index in [-0.39, 0.29) is 33.9 Å². The standard InChI is InChI=1S/C19H11ClF2N2O/c1-9-13(6-16(22)19(20)15(9)8-24)12-2-3-17(25)14-5-11(21)4-10(7-23)18(12)14/h4-6,12H,2-3H2,1H3/t12-/m1/s1. The second kappa shape index (κ2) is 6.27. The van der Waals surface area contributed by atoms with Crippen LogP contribution in [0, 0.1) is 41.2 Å².